The highest BCUT2D eigenvalue weighted by molar-refractivity contribution is 5.23. The van der Waals surface area contributed by atoms with Crippen molar-refractivity contribution < 1.29 is 4.39 Å². The Morgan fingerprint density at radius 1 is 1.12 bits per heavy atom. The predicted molar refractivity (Wildman–Crippen MR) is 69.5 cm³/mol. The third kappa shape index (κ3) is 4.12. The molecule has 0 heterocycles. The van der Waals surface area contributed by atoms with E-state index in [-0.39, 0.29) is 5.82 Å². The number of hydrogen-bond donors (Lipinski definition) is 1. The Morgan fingerprint density at radius 3 is 2.47 bits per heavy atom. The molecule has 0 bridgehead atoms. The molecule has 2 heteroatoms. The third-order valence-electron chi connectivity index (χ3n) is 3.55. The topological polar surface area (TPSA) is 12.0 Å². The molecule has 0 aromatic heterocycles. The average Bonchev–Trinajstić information content (AvgIpc) is 2.53. The van der Waals surface area contributed by atoms with Gasteiger partial charge in [-0.25, -0.2) is 4.39 Å². The Kier molecular flexibility index (Phi) is 4.55. The summed E-state index contributed by atoms with van der Waals surface area (Å²) in [5, 5.41) is 3.57. The lowest BCUT2D eigenvalue weighted by atomic mass is 10.1. The van der Waals surface area contributed by atoms with E-state index in [1.807, 2.05) is 6.92 Å². The summed E-state index contributed by atoms with van der Waals surface area (Å²) in [5.74, 6) is -0.123. The molecule has 1 aromatic carbocycles. The van der Waals surface area contributed by atoms with E-state index >= 15 is 0 Å². The molecular formula is C15H22FN. The smallest absolute Gasteiger partial charge is 0.123 e. The Hall–Kier alpha value is -0.890. The minimum absolute atomic E-state index is 0.123. The first-order chi connectivity index (χ1) is 8.24. The zero-order valence-electron chi connectivity index (χ0n) is 10.6. The summed E-state index contributed by atoms with van der Waals surface area (Å²) in [6, 6.07) is 5.90. The van der Waals surface area contributed by atoms with Gasteiger partial charge in [0.15, 0.2) is 0 Å². The molecule has 1 aliphatic carbocycles. The van der Waals surface area contributed by atoms with E-state index in [0.717, 1.165) is 17.7 Å². The van der Waals surface area contributed by atoms with Gasteiger partial charge in [0, 0.05) is 12.6 Å². The zero-order valence-corrected chi connectivity index (χ0v) is 10.6. The quantitative estimate of drug-likeness (QED) is 0.782. The SMILES string of the molecule is Cc1cc(F)cc(CNC2CCCCCC2)c1. The molecule has 0 spiro atoms. The number of halogens is 1. The van der Waals surface area contributed by atoms with Gasteiger partial charge in [-0.15, -0.1) is 0 Å². The van der Waals surface area contributed by atoms with Crippen LogP contribution in [-0.4, -0.2) is 6.04 Å². The molecule has 0 unspecified atom stereocenters. The minimum atomic E-state index is -0.123. The molecule has 1 aliphatic rings. The van der Waals surface area contributed by atoms with E-state index in [1.165, 1.54) is 38.5 Å². The van der Waals surface area contributed by atoms with Gasteiger partial charge >= 0.3 is 0 Å². The van der Waals surface area contributed by atoms with Crippen LogP contribution in [-0.2, 0) is 6.54 Å². The maximum absolute atomic E-state index is 13.2. The third-order valence-corrected chi connectivity index (χ3v) is 3.55. The molecular weight excluding hydrogens is 213 g/mol. The summed E-state index contributed by atoms with van der Waals surface area (Å²) in [5.41, 5.74) is 2.06. The van der Waals surface area contributed by atoms with Crippen molar-refractivity contribution in [3.05, 3.63) is 35.1 Å². The number of hydrogen-bond acceptors (Lipinski definition) is 1. The minimum Gasteiger partial charge on any atom is -0.310 e. The van der Waals surface area contributed by atoms with Crippen molar-refractivity contribution in [2.75, 3.05) is 0 Å². The van der Waals surface area contributed by atoms with Gasteiger partial charge in [-0.05, 0) is 43.0 Å². The van der Waals surface area contributed by atoms with Crippen LogP contribution < -0.4 is 5.32 Å². The molecule has 1 fully saturated rings. The standard InChI is InChI=1S/C15H22FN/c1-12-8-13(10-14(16)9-12)11-17-15-6-4-2-3-5-7-15/h8-10,15,17H,2-7,11H2,1H3. The van der Waals surface area contributed by atoms with Gasteiger partial charge in [0.2, 0.25) is 0 Å². The number of nitrogens with one attached hydrogen (secondary N) is 1. The molecule has 0 amide bonds. The second-order valence-corrected chi connectivity index (χ2v) is 5.21. The first-order valence-corrected chi connectivity index (χ1v) is 6.73. The maximum Gasteiger partial charge on any atom is 0.123 e. The lowest BCUT2D eigenvalue weighted by molar-refractivity contribution is 0.458. The van der Waals surface area contributed by atoms with Crippen LogP contribution >= 0.6 is 0 Å². The second-order valence-electron chi connectivity index (χ2n) is 5.21. The van der Waals surface area contributed by atoms with E-state index in [2.05, 4.69) is 11.4 Å². The summed E-state index contributed by atoms with van der Waals surface area (Å²) in [4.78, 5) is 0. The van der Waals surface area contributed by atoms with Crippen LogP contribution in [0.15, 0.2) is 18.2 Å². The second kappa shape index (κ2) is 6.15. The van der Waals surface area contributed by atoms with Crippen LogP contribution in [0.3, 0.4) is 0 Å². The Balaban J connectivity index is 1.87. The fraction of sp³-hybridized carbons (Fsp3) is 0.600. The molecule has 0 atom stereocenters. The Bertz CT molecular complexity index is 334. The molecule has 0 aliphatic heterocycles. The molecule has 2 rings (SSSR count). The van der Waals surface area contributed by atoms with Crippen molar-refractivity contribution in [3.8, 4) is 0 Å². The van der Waals surface area contributed by atoms with Crippen molar-refractivity contribution in [3.63, 3.8) is 0 Å². The van der Waals surface area contributed by atoms with Crippen LogP contribution in [0, 0.1) is 12.7 Å². The van der Waals surface area contributed by atoms with E-state index in [1.54, 1.807) is 12.1 Å². The summed E-state index contributed by atoms with van der Waals surface area (Å²) >= 11 is 0. The van der Waals surface area contributed by atoms with Gasteiger partial charge in [-0.1, -0.05) is 31.7 Å². The molecule has 1 aromatic rings. The van der Waals surface area contributed by atoms with Crippen LogP contribution in [0.4, 0.5) is 4.39 Å². The average molecular weight is 235 g/mol. The molecule has 17 heavy (non-hydrogen) atoms. The monoisotopic (exact) mass is 235 g/mol. The lowest BCUT2D eigenvalue weighted by Gasteiger charge is -2.16. The Morgan fingerprint density at radius 2 is 1.82 bits per heavy atom. The maximum atomic E-state index is 13.2. The van der Waals surface area contributed by atoms with E-state index in [0.29, 0.717) is 6.04 Å². The van der Waals surface area contributed by atoms with Gasteiger partial charge in [-0.3, -0.25) is 0 Å². The highest BCUT2D eigenvalue weighted by Crippen LogP contribution is 2.18. The molecule has 1 saturated carbocycles. The Labute approximate surface area is 103 Å². The van der Waals surface area contributed by atoms with Crippen molar-refractivity contribution in [2.45, 2.75) is 58.0 Å². The van der Waals surface area contributed by atoms with E-state index in [9.17, 15) is 4.39 Å². The van der Waals surface area contributed by atoms with Gasteiger partial charge in [0.1, 0.15) is 5.82 Å². The van der Waals surface area contributed by atoms with Gasteiger partial charge in [0.05, 0.1) is 0 Å². The first kappa shape index (κ1) is 12.6. The van der Waals surface area contributed by atoms with Crippen molar-refractivity contribution in [2.24, 2.45) is 0 Å². The van der Waals surface area contributed by atoms with Crippen LogP contribution in [0.25, 0.3) is 0 Å². The lowest BCUT2D eigenvalue weighted by Crippen LogP contribution is -2.27. The van der Waals surface area contributed by atoms with Crippen molar-refractivity contribution >= 4 is 0 Å². The fourth-order valence-electron chi connectivity index (χ4n) is 2.66. The first-order valence-electron chi connectivity index (χ1n) is 6.73. The van der Waals surface area contributed by atoms with Crippen LogP contribution in [0.1, 0.15) is 49.7 Å². The van der Waals surface area contributed by atoms with E-state index < -0.39 is 0 Å². The number of rotatable bonds is 3. The highest BCUT2D eigenvalue weighted by atomic mass is 19.1. The number of aryl methyl sites for hydroxylation is 1. The fourth-order valence-corrected chi connectivity index (χ4v) is 2.66. The predicted octanol–water partition coefficient (Wildman–Crippen LogP) is 3.95. The van der Waals surface area contributed by atoms with Crippen LogP contribution in [0.5, 0.6) is 0 Å². The molecule has 0 saturated heterocycles. The van der Waals surface area contributed by atoms with Crippen LogP contribution in [0.2, 0.25) is 0 Å². The summed E-state index contributed by atoms with van der Waals surface area (Å²) in [6.07, 6.45) is 7.96. The van der Waals surface area contributed by atoms with Gasteiger partial charge in [0.25, 0.3) is 0 Å². The zero-order chi connectivity index (χ0) is 12.1. The summed E-state index contributed by atoms with van der Waals surface area (Å²) < 4.78 is 13.2. The molecule has 1 N–H and O–H groups in total. The van der Waals surface area contributed by atoms with E-state index in [4.69, 9.17) is 0 Å². The van der Waals surface area contributed by atoms with Crippen molar-refractivity contribution in [1.82, 2.24) is 5.32 Å². The molecule has 94 valence electrons. The molecule has 0 radical (unpaired) electrons. The largest absolute Gasteiger partial charge is 0.310 e. The van der Waals surface area contributed by atoms with Crippen molar-refractivity contribution in [1.29, 1.82) is 0 Å². The van der Waals surface area contributed by atoms with Gasteiger partial charge < -0.3 is 5.32 Å². The normalized spacial score (nSPS) is 18.0. The van der Waals surface area contributed by atoms with Gasteiger partial charge in [-0.2, -0.15) is 0 Å². The summed E-state index contributed by atoms with van der Waals surface area (Å²) in [6.45, 7) is 2.74. The number of benzene rings is 1. The highest BCUT2D eigenvalue weighted by Gasteiger charge is 2.11. The molecule has 1 nitrogen and oxygen atoms in total. The summed E-state index contributed by atoms with van der Waals surface area (Å²) in [7, 11) is 0.